The van der Waals surface area contributed by atoms with E-state index in [0.29, 0.717) is 59.2 Å². The molecule has 0 atom stereocenters. The number of hydrogen-bond donors (Lipinski definition) is 3. The number of esters is 1. The van der Waals surface area contributed by atoms with E-state index < -0.39 is 5.97 Å². The highest BCUT2D eigenvalue weighted by molar-refractivity contribution is 6.40. The Hall–Kier alpha value is -4.20. The average Bonchev–Trinajstić information content (AvgIpc) is 3.80. The van der Waals surface area contributed by atoms with Gasteiger partial charge in [-0.1, -0.05) is 58.5 Å². The van der Waals surface area contributed by atoms with Gasteiger partial charge in [-0.3, -0.25) is 0 Å². The predicted molar refractivity (Wildman–Crippen MR) is 177 cm³/mol. The summed E-state index contributed by atoms with van der Waals surface area (Å²) in [5, 5.41) is 1.88. The molecule has 6 nitrogen and oxygen atoms in total. The van der Waals surface area contributed by atoms with Gasteiger partial charge in [-0.25, -0.2) is 9.78 Å². The zero-order valence-electron chi connectivity index (χ0n) is 22.4. The maximum atomic E-state index is 13.3. The summed E-state index contributed by atoms with van der Waals surface area (Å²) in [4.78, 5) is 28.6. The monoisotopic (exact) mass is 644 g/mol. The molecule has 0 aliphatic carbocycles. The van der Waals surface area contributed by atoms with Crippen LogP contribution in [-0.2, 0) is 4.74 Å². The van der Waals surface area contributed by atoms with E-state index >= 15 is 0 Å². The molecule has 8 bridgehead atoms. The lowest BCUT2D eigenvalue weighted by Crippen LogP contribution is -2.04. The van der Waals surface area contributed by atoms with Gasteiger partial charge >= 0.3 is 5.97 Å². The smallest absolute Gasteiger partial charge is 0.342 e. The molecule has 2 aromatic carbocycles. The van der Waals surface area contributed by atoms with Gasteiger partial charge < -0.3 is 19.7 Å². The van der Waals surface area contributed by atoms with Gasteiger partial charge in [0.2, 0.25) is 0 Å². The minimum absolute atomic E-state index is 0.253. The Kier molecular flexibility index (Phi) is 6.95. The molecular formula is C33H20Cl4N4O2. The number of carbonyl (C=O) groups excluding carboxylic acids is 1. The third-order valence-corrected chi connectivity index (χ3v) is 8.65. The summed E-state index contributed by atoms with van der Waals surface area (Å²) in [5.41, 5.74) is 8.24. The van der Waals surface area contributed by atoms with Crippen LogP contribution < -0.4 is 0 Å². The van der Waals surface area contributed by atoms with E-state index in [1.54, 1.807) is 42.5 Å². The van der Waals surface area contributed by atoms with Crippen LogP contribution in [0.1, 0.15) is 21.7 Å². The Labute approximate surface area is 265 Å². The fraction of sp³-hybridized carbons (Fsp3) is 0.0303. The summed E-state index contributed by atoms with van der Waals surface area (Å²) in [6.07, 6.45) is 3.60. The number of methoxy groups -OCH3 is 1. The minimum Gasteiger partial charge on any atom is -0.465 e. The lowest BCUT2D eigenvalue weighted by Gasteiger charge is -2.08. The number of aromatic nitrogens is 4. The molecule has 6 aromatic rings. The van der Waals surface area contributed by atoms with Crippen molar-refractivity contribution in [2.45, 2.75) is 0 Å². The van der Waals surface area contributed by atoms with Crippen molar-refractivity contribution in [3.05, 3.63) is 110 Å². The first-order chi connectivity index (χ1) is 20.8. The molecule has 0 saturated carbocycles. The zero-order valence-corrected chi connectivity index (χ0v) is 25.4. The van der Waals surface area contributed by atoms with Crippen LogP contribution in [0.4, 0.5) is 0 Å². The first-order valence-electron chi connectivity index (χ1n) is 13.2. The first-order valence-corrected chi connectivity index (χ1v) is 14.7. The normalized spacial score (nSPS) is 11.8. The number of benzene rings is 2. The molecule has 1 aliphatic heterocycles. The van der Waals surface area contributed by atoms with Crippen LogP contribution in [0, 0.1) is 0 Å². The zero-order chi connectivity index (χ0) is 29.8. The van der Waals surface area contributed by atoms with Crippen LogP contribution in [0.2, 0.25) is 20.1 Å². The van der Waals surface area contributed by atoms with E-state index in [4.69, 9.17) is 56.1 Å². The molecule has 10 heteroatoms. The molecule has 1 aliphatic rings. The Bertz CT molecular complexity index is 2220. The van der Waals surface area contributed by atoms with Crippen molar-refractivity contribution < 1.29 is 9.53 Å². The Morgan fingerprint density at radius 3 is 1.51 bits per heavy atom. The highest BCUT2D eigenvalue weighted by Crippen LogP contribution is 2.41. The van der Waals surface area contributed by atoms with E-state index in [2.05, 4.69) is 15.0 Å². The number of H-pyrrole nitrogens is 3. The van der Waals surface area contributed by atoms with E-state index in [1.165, 1.54) is 7.11 Å². The second-order valence-electron chi connectivity index (χ2n) is 9.88. The van der Waals surface area contributed by atoms with Crippen LogP contribution in [0.3, 0.4) is 0 Å². The highest BCUT2D eigenvalue weighted by Gasteiger charge is 2.22. The summed E-state index contributed by atoms with van der Waals surface area (Å²) in [7, 11) is 1.33. The van der Waals surface area contributed by atoms with Gasteiger partial charge in [0.25, 0.3) is 0 Å². The number of nitrogens with one attached hydrogen (secondary N) is 3. The molecule has 3 N–H and O–H groups in total. The number of hydrogen-bond acceptors (Lipinski definition) is 3. The van der Waals surface area contributed by atoms with Gasteiger partial charge in [0.15, 0.2) is 0 Å². The standard InChI is InChI=1S/C33H20Cl4N4O2/c1-43-33(42)32-26-14-12-24(40-26)30(28-16(34)4-2-5-17(28)35)22-10-8-20(38-22)21-9-11-23(39-21)31(25-13-15-27(32)41-25)29-18(36)6-3-7-19(29)37/h2-15,38-40H,1H3. The quantitative estimate of drug-likeness (QED) is 0.167. The number of ether oxygens (including phenoxy) is 1. The topological polar surface area (TPSA) is 86.6 Å². The Morgan fingerprint density at radius 1 is 0.558 bits per heavy atom. The molecule has 43 heavy (non-hydrogen) atoms. The van der Waals surface area contributed by atoms with Crippen molar-refractivity contribution >= 4 is 97.6 Å². The van der Waals surface area contributed by atoms with Gasteiger partial charge in [-0.2, -0.15) is 0 Å². The first kappa shape index (κ1) is 27.6. The maximum Gasteiger partial charge on any atom is 0.342 e. The number of aromatic amines is 3. The number of carbonyl (C=O) groups is 1. The van der Waals surface area contributed by atoms with Gasteiger partial charge in [-0.05, 0) is 72.8 Å². The van der Waals surface area contributed by atoms with Crippen molar-refractivity contribution in [2.24, 2.45) is 0 Å². The van der Waals surface area contributed by atoms with Crippen molar-refractivity contribution in [1.29, 1.82) is 0 Å². The Morgan fingerprint density at radius 2 is 0.977 bits per heavy atom. The van der Waals surface area contributed by atoms with E-state index in [-0.39, 0.29) is 5.56 Å². The van der Waals surface area contributed by atoms with Crippen LogP contribution in [-0.4, -0.2) is 33.0 Å². The molecule has 7 rings (SSSR count). The van der Waals surface area contributed by atoms with E-state index in [0.717, 1.165) is 27.6 Å². The van der Waals surface area contributed by atoms with Crippen molar-refractivity contribution in [1.82, 2.24) is 19.9 Å². The van der Waals surface area contributed by atoms with Gasteiger partial charge in [0, 0.05) is 38.8 Å². The van der Waals surface area contributed by atoms with Crippen molar-refractivity contribution in [3.63, 3.8) is 0 Å². The number of rotatable bonds is 3. The molecule has 0 spiro atoms. The third kappa shape index (κ3) is 4.67. The second-order valence-corrected chi connectivity index (χ2v) is 11.5. The van der Waals surface area contributed by atoms with Gasteiger partial charge in [-0.15, -0.1) is 0 Å². The summed E-state index contributed by atoms with van der Waals surface area (Å²) in [6, 6.07) is 22.2. The molecule has 0 fully saturated rings. The molecule has 0 saturated heterocycles. The average molecular weight is 646 g/mol. The third-order valence-electron chi connectivity index (χ3n) is 7.39. The lowest BCUT2D eigenvalue weighted by atomic mass is 10.0. The van der Waals surface area contributed by atoms with E-state index in [9.17, 15) is 4.79 Å². The van der Waals surface area contributed by atoms with Crippen LogP contribution in [0.15, 0.2) is 72.8 Å². The summed E-state index contributed by atoms with van der Waals surface area (Å²) >= 11 is 26.9. The SMILES string of the molecule is COC(=O)c1c2nc(c(-c3c(Cl)cccc3Cl)c3ccc([nH]3)c3ccc([nH]3)c(-c3c(Cl)cccc3Cl)c3ccc1[nH]3)C=C2. The summed E-state index contributed by atoms with van der Waals surface area (Å²) in [6.45, 7) is 0. The second kappa shape index (κ2) is 10.8. The molecular weight excluding hydrogens is 626 g/mol. The number of fused-ring (bicyclic) bond motifs is 9. The fourth-order valence-corrected chi connectivity index (χ4v) is 6.64. The van der Waals surface area contributed by atoms with Gasteiger partial charge in [0.1, 0.15) is 5.56 Å². The molecule has 0 radical (unpaired) electrons. The minimum atomic E-state index is -0.554. The maximum absolute atomic E-state index is 13.3. The largest absolute Gasteiger partial charge is 0.465 e. The number of nitrogens with zero attached hydrogens (tertiary/aromatic N) is 1. The molecule has 212 valence electrons. The molecule has 0 unspecified atom stereocenters. The van der Waals surface area contributed by atoms with Crippen molar-refractivity contribution in [3.8, 4) is 22.3 Å². The molecule has 5 heterocycles. The summed E-state index contributed by atoms with van der Waals surface area (Å²) < 4.78 is 5.21. The Balaban J connectivity index is 1.71. The molecule has 0 amide bonds. The van der Waals surface area contributed by atoms with Crippen LogP contribution in [0.25, 0.3) is 67.5 Å². The summed E-state index contributed by atoms with van der Waals surface area (Å²) in [5.74, 6) is -0.554. The fourth-order valence-electron chi connectivity index (χ4n) is 5.47. The van der Waals surface area contributed by atoms with E-state index in [1.807, 2.05) is 42.5 Å². The predicted octanol–water partition coefficient (Wildman–Crippen LogP) is 10.4. The lowest BCUT2D eigenvalue weighted by molar-refractivity contribution is 0.0602. The highest BCUT2D eigenvalue weighted by atomic mass is 35.5. The number of halogens is 4. The molecule has 4 aromatic heterocycles. The van der Waals surface area contributed by atoms with Crippen molar-refractivity contribution in [2.75, 3.05) is 7.11 Å². The van der Waals surface area contributed by atoms with Crippen LogP contribution in [0.5, 0.6) is 0 Å². The van der Waals surface area contributed by atoms with Crippen LogP contribution >= 0.6 is 46.4 Å². The van der Waals surface area contributed by atoms with Gasteiger partial charge in [0.05, 0.1) is 55.1 Å².